The van der Waals surface area contributed by atoms with Crippen LogP contribution < -0.4 is 5.32 Å². The Morgan fingerprint density at radius 1 is 1.15 bits per heavy atom. The van der Waals surface area contributed by atoms with E-state index in [4.69, 9.17) is 0 Å². The molecule has 0 saturated carbocycles. The highest BCUT2D eigenvalue weighted by Crippen LogP contribution is 2.33. The molecule has 1 aliphatic rings. The van der Waals surface area contributed by atoms with E-state index in [1.54, 1.807) is 0 Å². The highest BCUT2D eigenvalue weighted by atomic mass is 19.2. The molecule has 1 saturated heterocycles. The third-order valence-corrected chi connectivity index (χ3v) is 2.22. The lowest BCUT2D eigenvalue weighted by atomic mass is 9.89. The summed E-state index contributed by atoms with van der Waals surface area (Å²) in [5.41, 5.74) is -2.32. The maximum absolute atomic E-state index is 13.6. The molecule has 1 aromatic rings. The largest absolute Gasteiger partial charge is 0.310 e. The van der Waals surface area contributed by atoms with E-state index in [1.807, 2.05) is 0 Å². The van der Waals surface area contributed by atoms with Gasteiger partial charge < -0.3 is 5.32 Å². The van der Waals surface area contributed by atoms with E-state index < -0.39 is 22.9 Å². The zero-order valence-electron chi connectivity index (χ0n) is 6.78. The van der Waals surface area contributed by atoms with E-state index in [2.05, 4.69) is 5.32 Å². The first kappa shape index (κ1) is 8.56. The lowest BCUT2D eigenvalue weighted by Gasteiger charge is -2.35. The Hall–Kier alpha value is -1.03. The number of hydrogen-bond donors (Lipinski definition) is 1. The predicted octanol–water partition coefficient (Wildman–Crippen LogP) is 1.73. The summed E-state index contributed by atoms with van der Waals surface area (Å²) >= 11 is 0. The summed E-state index contributed by atoms with van der Waals surface area (Å²) in [6.07, 6.45) is 0. The molecule has 0 aromatic heterocycles. The molecule has 1 aromatic carbocycles. The van der Waals surface area contributed by atoms with Gasteiger partial charge in [0.2, 0.25) is 0 Å². The van der Waals surface area contributed by atoms with Crippen LogP contribution in [0.25, 0.3) is 0 Å². The molecule has 1 N–H and O–H groups in total. The Bertz CT molecular complexity index is 313. The maximum Gasteiger partial charge on any atom is 0.166 e. The second-order valence-electron chi connectivity index (χ2n) is 3.17. The van der Waals surface area contributed by atoms with Crippen molar-refractivity contribution in [1.82, 2.24) is 5.32 Å². The standard InChI is InChI=1S/C9H8F3N/c10-6-2-1-3-7(11)8(6)9(12)4-13-5-9/h1-3,13H,4-5H2. The molecule has 0 unspecified atom stereocenters. The lowest BCUT2D eigenvalue weighted by Crippen LogP contribution is -2.54. The third-order valence-electron chi connectivity index (χ3n) is 2.22. The summed E-state index contributed by atoms with van der Waals surface area (Å²) in [6, 6.07) is 3.36. The molecular weight excluding hydrogens is 179 g/mol. The van der Waals surface area contributed by atoms with Crippen molar-refractivity contribution >= 4 is 0 Å². The lowest BCUT2D eigenvalue weighted by molar-refractivity contribution is 0.0800. The quantitative estimate of drug-likeness (QED) is 0.706. The normalized spacial score (nSPS) is 19.6. The molecule has 0 atom stereocenters. The van der Waals surface area contributed by atoms with Gasteiger partial charge in [0.05, 0.1) is 5.56 Å². The van der Waals surface area contributed by atoms with Crippen LogP contribution in [0.2, 0.25) is 0 Å². The fraction of sp³-hybridized carbons (Fsp3) is 0.333. The van der Waals surface area contributed by atoms with Crippen molar-refractivity contribution in [2.24, 2.45) is 0 Å². The van der Waals surface area contributed by atoms with E-state index >= 15 is 0 Å². The van der Waals surface area contributed by atoms with Crippen LogP contribution in [-0.4, -0.2) is 13.1 Å². The van der Waals surface area contributed by atoms with Crippen LogP contribution >= 0.6 is 0 Å². The molecule has 2 rings (SSSR count). The van der Waals surface area contributed by atoms with Crippen LogP contribution in [0, 0.1) is 11.6 Å². The van der Waals surface area contributed by atoms with Gasteiger partial charge in [-0.15, -0.1) is 0 Å². The van der Waals surface area contributed by atoms with Crippen molar-refractivity contribution in [3.8, 4) is 0 Å². The highest BCUT2D eigenvalue weighted by Gasteiger charge is 2.43. The predicted molar refractivity (Wildman–Crippen MR) is 42.0 cm³/mol. The Labute approximate surface area is 73.6 Å². The molecule has 1 fully saturated rings. The first-order valence-electron chi connectivity index (χ1n) is 3.98. The van der Waals surface area contributed by atoms with Gasteiger partial charge in [-0.25, -0.2) is 13.2 Å². The van der Waals surface area contributed by atoms with Crippen LogP contribution in [0.15, 0.2) is 18.2 Å². The van der Waals surface area contributed by atoms with Crippen molar-refractivity contribution in [2.45, 2.75) is 5.67 Å². The van der Waals surface area contributed by atoms with Gasteiger partial charge in [-0.2, -0.15) is 0 Å². The molecule has 1 nitrogen and oxygen atoms in total. The van der Waals surface area contributed by atoms with Crippen molar-refractivity contribution in [1.29, 1.82) is 0 Å². The van der Waals surface area contributed by atoms with Gasteiger partial charge in [0.25, 0.3) is 0 Å². The molecule has 0 radical (unpaired) electrons. The Balaban J connectivity index is 2.49. The van der Waals surface area contributed by atoms with Crippen molar-refractivity contribution in [3.05, 3.63) is 35.4 Å². The molecule has 0 aliphatic carbocycles. The molecule has 13 heavy (non-hydrogen) atoms. The summed E-state index contributed by atoms with van der Waals surface area (Å²) in [6.45, 7) is -0.0459. The molecule has 0 amide bonds. The summed E-state index contributed by atoms with van der Waals surface area (Å²) in [5.74, 6) is -1.63. The smallest absolute Gasteiger partial charge is 0.166 e. The van der Waals surface area contributed by atoms with Gasteiger partial charge in [-0.3, -0.25) is 0 Å². The van der Waals surface area contributed by atoms with E-state index in [0.29, 0.717) is 0 Å². The van der Waals surface area contributed by atoms with Crippen LogP contribution in [0.5, 0.6) is 0 Å². The SMILES string of the molecule is Fc1cccc(F)c1C1(F)CNC1. The summed E-state index contributed by atoms with van der Waals surface area (Å²) in [7, 11) is 0. The Kier molecular flexibility index (Phi) is 1.80. The van der Waals surface area contributed by atoms with Crippen molar-refractivity contribution in [2.75, 3.05) is 13.1 Å². The fourth-order valence-corrected chi connectivity index (χ4v) is 1.45. The first-order valence-corrected chi connectivity index (χ1v) is 3.98. The molecular formula is C9H8F3N. The monoisotopic (exact) mass is 187 g/mol. The summed E-state index contributed by atoms with van der Waals surface area (Å²) in [5, 5.41) is 2.65. The average Bonchev–Trinajstić information content (AvgIpc) is 2.01. The van der Waals surface area contributed by atoms with Gasteiger partial charge in [0.15, 0.2) is 5.67 Å². The molecule has 4 heteroatoms. The number of halogens is 3. The number of benzene rings is 1. The number of alkyl halides is 1. The van der Waals surface area contributed by atoms with E-state index in [1.165, 1.54) is 6.07 Å². The van der Waals surface area contributed by atoms with Gasteiger partial charge in [-0.05, 0) is 12.1 Å². The van der Waals surface area contributed by atoms with E-state index in [0.717, 1.165) is 12.1 Å². The zero-order valence-corrected chi connectivity index (χ0v) is 6.78. The topological polar surface area (TPSA) is 12.0 Å². The van der Waals surface area contributed by atoms with Crippen LogP contribution in [0.1, 0.15) is 5.56 Å². The fourth-order valence-electron chi connectivity index (χ4n) is 1.45. The van der Waals surface area contributed by atoms with Crippen LogP contribution in [0.4, 0.5) is 13.2 Å². The molecule has 70 valence electrons. The molecule has 0 spiro atoms. The van der Waals surface area contributed by atoms with Crippen molar-refractivity contribution in [3.63, 3.8) is 0 Å². The minimum atomic E-state index is -1.87. The third kappa shape index (κ3) is 1.21. The minimum absolute atomic E-state index is 0.0230. The zero-order chi connectivity index (χ0) is 9.47. The van der Waals surface area contributed by atoms with Crippen LogP contribution in [-0.2, 0) is 5.67 Å². The van der Waals surface area contributed by atoms with Gasteiger partial charge in [0.1, 0.15) is 11.6 Å². The van der Waals surface area contributed by atoms with Crippen LogP contribution in [0.3, 0.4) is 0 Å². The van der Waals surface area contributed by atoms with Gasteiger partial charge in [-0.1, -0.05) is 6.07 Å². The summed E-state index contributed by atoms with van der Waals surface area (Å²) in [4.78, 5) is 0. The van der Waals surface area contributed by atoms with E-state index in [-0.39, 0.29) is 13.1 Å². The van der Waals surface area contributed by atoms with Crippen molar-refractivity contribution < 1.29 is 13.2 Å². The molecule has 1 aliphatic heterocycles. The number of nitrogens with one attached hydrogen (secondary N) is 1. The summed E-state index contributed by atoms with van der Waals surface area (Å²) < 4.78 is 39.7. The van der Waals surface area contributed by atoms with Gasteiger partial charge in [0, 0.05) is 13.1 Å². The van der Waals surface area contributed by atoms with E-state index in [9.17, 15) is 13.2 Å². The average molecular weight is 187 g/mol. The molecule has 1 heterocycles. The Morgan fingerprint density at radius 3 is 2.08 bits per heavy atom. The number of hydrogen-bond acceptors (Lipinski definition) is 1. The second kappa shape index (κ2) is 2.73. The highest BCUT2D eigenvalue weighted by molar-refractivity contribution is 5.29. The second-order valence-corrected chi connectivity index (χ2v) is 3.17. The minimum Gasteiger partial charge on any atom is -0.310 e. The maximum atomic E-state index is 13.6. The first-order chi connectivity index (χ1) is 6.13. The number of rotatable bonds is 1. The van der Waals surface area contributed by atoms with Gasteiger partial charge >= 0.3 is 0 Å². The Morgan fingerprint density at radius 2 is 1.69 bits per heavy atom. The molecule has 0 bridgehead atoms.